The summed E-state index contributed by atoms with van der Waals surface area (Å²) in [7, 11) is 7.83. The molecule has 3 radical (unpaired) electrons. The van der Waals surface area contributed by atoms with Gasteiger partial charge in [0.25, 0.3) is 0 Å². The van der Waals surface area contributed by atoms with Crippen LogP contribution in [0.1, 0.15) is 39.0 Å². The van der Waals surface area contributed by atoms with Crippen LogP contribution in [0.3, 0.4) is 0 Å². The number of nitrogens with one attached hydrogen (secondary N) is 1. The van der Waals surface area contributed by atoms with Crippen molar-refractivity contribution in [3.63, 3.8) is 0 Å². The highest BCUT2D eigenvalue weighted by Crippen LogP contribution is 2.35. The largest absolute Gasteiger partial charge is 0.500 e. The van der Waals surface area contributed by atoms with Gasteiger partial charge in [-0.15, -0.1) is 0 Å². The minimum atomic E-state index is -2.46. The molecule has 1 unspecified atom stereocenters. The first-order valence-corrected chi connectivity index (χ1v) is 16.3. The molecule has 0 aromatic heterocycles. The van der Waals surface area contributed by atoms with Gasteiger partial charge in [-0.25, -0.2) is 0 Å². The van der Waals surface area contributed by atoms with Gasteiger partial charge in [0.05, 0.1) is 9.52 Å². The summed E-state index contributed by atoms with van der Waals surface area (Å²) in [4.78, 5) is 5.03. The Morgan fingerprint density at radius 2 is 1.53 bits per heavy atom. The lowest BCUT2D eigenvalue weighted by atomic mass is 10.1. The predicted molar refractivity (Wildman–Crippen MR) is 135 cm³/mol. The predicted octanol–water partition coefficient (Wildman–Crippen LogP) is 1.81. The zero-order chi connectivity index (χ0) is 23.9. The molecule has 0 saturated carbocycles. The number of rotatable bonds is 19. The van der Waals surface area contributed by atoms with E-state index >= 15 is 0 Å². The van der Waals surface area contributed by atoms with E-state index in [1.54, 1.807) is 35.5 Å². The Kier molecular flexibility index (Phi) is 16.0. The smallest absolute Gasteiger partial charge is 0.397 e. The van der Waals surface area contributed by atoms with Crippen LogP contribution < -0.4 is 5.32 Å². The molecule has 11 heteroatoms. The van der Waals surface area contributed by atoms with Crippen molar-refractivity contribution in [1.29, 1.82) is 0 Å². The maximum atomic E-state index is 5.80. The van der Waals surface area contributed by atoms with E-state index in [-0.39, 0.29) is 4.66 Å². The number of likely N-dealkylation sites (N-methyl/N-ethyl adjacent to an activating group) is 1. The van der Waals surface area contributed by atoms with Crippen molar-refractivity contribution < 1.29 is 22.1 Å². The Morgan fingerprint density at radius 3 is 2.09 bits per heavy atom. The van der Waals surface area contributed by atoms with Crippen LogP contribution in [-0.4, -0.2) is 125 Å². The van der Waals surface area contributed by atoms with E-state index in [1.807, 2.05) is 0 Å². The van der Waals surface area contributed by atoms with Crippen LogP contribution in [-0.2, 0) is 22.1 Å². The van der Waals surface area contributed by atoms with Crippen LogP contribution in [0.2, 0.25) is 10.7 Å². The Hall–Kier alpha value is 0.331. The van der Waals surface area contributed by atoms with Crippen LogP contribution in [0.4, 0.5) is 0 Å². The first kappa shape index (κ1) is 30.4. The summed E-state index contributed by atoms with van der Waals surface area (Å²) >= 11 is 0. The van der Waals surface area contributed by atoms with Gasteiger partial charge in [-0.05, 0) is 45.6 Å². The van der Waals surface area contributed by atoms with Gasteiger partial charge in [-0.2, -0.15) is 0 Å². The maximum Gasteiger partial charge on any atom is 0.500 e. The van der Waals surface area contributed by atoms with Crippen molar-refractivity contribution in [2.75, 3.05) is 88.0 Å². The summed E-state index contributed by atoms with van der Waals surface area (Å²) in [5.41, 5.74) is 0. The fraction of sp³-hybridized carbons (Fsp3) is 1.00. The molecule has 0 bridgehead atoms. The molecular weight excluding hydrogens is 459 g/mol. The van der Waals surface area contributed by atoms with Crippen LogP contribution in [0, 0.1) is 0 Å². The van der Waals surface area contributed by atoms with Crippen molar-refractivity contribution in [2.24, 2.45) is 0 Å². The summed E-state index contributed by atoms with van der Waals surface area (Å²) in [6, 6.07) is 0.822. The Morgan fingerprint density at radius 1 is 0.906 bits per heavy atom. The van der Waals surface area contributed by atoms with Crippen molar-refractivity contribution in [2.45, 2.75) is 49.7 Å². The number of nitrogens with zero attached hydrogens (tertiary/aromatic N) is 2. The molecule has 0 amide bonds. The average molecular weight is 507 g/mol. The van der Waals surface area contributed by atoms with E-state index in [9.17, 15) is 0 Å². The molecule has 1 N–H and O–H groups in total. The van der Waals surface area contributed by atoms with Crippen LogP contribution in [0.25, 0.3) is 0 Å². The topological polar surface area (TPSA) is 64.7 Å². The summed E-state index contributed by atoms with van der Waals surface area (Å²) in [6.45, 7) is 9.34. The summed E-state index contributed by atoms with van der Waals surface area (Å²) in [5.74, 6) is 0. The lowest BCUT2D eigenvalue weighted by Gasteiger charge is -2.33. The van der Waals surface area contributed by atoms with Crippen molar-refractivity contribution >= 4 is 27.6 Å². The quantitative estimate of drug-likeness (QED) is 0.210. The van der Waals surface area contributed by atoms with Gasteiger partial charge in [0, 0.05) is 72.4 Å². The summed E-state index contributed by atoms with van der Waals surface area (Å²) in [5, 5.41) is 3.60. The van der Waals surface area contributed by atoms with Crippen LogP contribution in [0.5, 0.6) is 0 Å². The normalized spacial score (nSPS) is 18.4. The average Bonchev–Trinajstić information content (AvgIpc) is 2.81. The molecule has 1 aliphatic heterocycles. The van der Waals surface area contributed by atoms with E-state index in [1.165, 1.54) is 58.4 Å². The fourth-order valence-electron chi connectivity index (χ4n) is 4.19. The van der Waals surface area contributed by atoms with Gasteiger partial charge in [-0.3, -0.25) is 0 Å². The zero-order valence-electron chi connectivity index (χ0n) is 21.6. The van der Waals surface area contributed by atoms with Crippen LogP contribution >= 0.6 is 0 Å². The van der Waals surface area contributed by atoms with Gasteiger partial charge in [0.15, 0.2) is 0 Å². The maximum absolute atomic E-state index is 5.80. The van der Waals surface area contributed by atoms with Gasteiger partial charge < -0.3 is 37.2 Å². The molecule has 0 aromatic rings. The summed E-state index contributed by atoms with van der Waals surface area (Å²) in [6.07, 6.45) is 6.93. The molecule has 1 atom stereocenters. The highest BCUT2D eigenvalue weighted by molar-refractivity contribution is 6.66. The third-order valence-corrected chi connectivity index (χ3v) is 13.8. The lowest BCUT2D eigenvalue weighted by Crippen LogP contribution is -2.44. The SMILES string of the molecule is CO[Si](OC)C(C)(CCCCCN1CCN(C)CC1)[Si]CNCCC[Si](OC)(OC)OC. The first-order chi connectivity index (χ1) is 15.4. The second kappa shape index (κ2) is 16.9. The molecule has 0 aromatic carbocycles. The van der Waals surface area contributed by atoms with Gasteiger partial charge in [0.1, 0.15) is 0 Å². The first-order valence-electron chi connectivity index (χ1n) is 11.9. The minimum absolute atomic E-state index is 0.124. The second-order valence-electron chi connectivity index (χ2n) is 8.74. The van der Waals surface area contributed by atoms with E-state index in [2.05, 4.69) is 29.1 Å². The van der Waals surface area contributed by atoms with Crippen molar-refractivity contribution in [3.8, 4) is 0 Å². The standard InChI is InChI=1S/C21H48N3O5Si3/c1-21(31(25-3)26-4,12-9-8-10-14-24-17-15-23(2)16-18-24)30-20-22-13-11-19-32(27-5,28-6)29-7/h22H,8-20H2,1-7H3. The third-order valence-electron chi connectivity index (χ3n) is 6.44. The number of hydrogen-bond donors (Lipinski definition) is 1. The van der Waals surface area contributed by atoms with E-state index < -0.39 is 18.1 Å². The zero-order valence-corrected chi connectivity index (χ0v) is 24.6. The van der Waals surface area contributed by atoms with Gasteiger partial charge >= 0.3 is 18.1 Å². The Bertz CT molecular complexity index is 460. The Balaban J connectivity index is 2.33. The van der Waals surface area contributed by atoms with Gasteiger partial charge in [-0.1, -0.05) is 19.8 Å². The lowest BCUT2D eigenvalue weighted by molar-refractivity contribution is 0.123. The number of piperazine rings is 1. The molecule has 0 aliphatic carbocycles. The second-order valence-corrected chi connectivity index (χ2v) is 16.6. The highest BCUT2D eigenvalue weighted by atomic mass is 28.4. The highest BCUT2D eigenvalue weighted by Gasteiger charge is 2.39. The Labute approximate surface area is 202 Å². The number of unbranched alkanes of at least 4 members (excludes halogenated alkanes) is 2. The molecule has 8 nitrogen and oxygen atoms in total. The third kappa shape index (κ3) is 10.7. The molecule has 1 saturated heterocycles. The molecule has 189 valence electrons. The molecule has 32 heavy (non-hydrogen) atoms. The molecule has 0 spiro atoms. The van der Waals surface area contributed by atoms with Crippen LogP contribution in [0.15, 0.2) is 0 Å². The van der Waals surface area contributed by atoms with E-state index in [0.717, 1.165) is 34.7 Å². The molecular formula is C21H48N3O5Si3. The van der Waals surface area contributed by atoms with E-state index in [0.29, 0.717) is 0 Å². The van der Waals surface area contributed by atoms with E-state index in [4.69, 9.17) is 22.1 Å². The van der Waals surface area contributed by atoms with Crippen molar-refractivity contribution in [3.05, 3.63) is 0 Å². The summed E-state index contributed by atoms with van der Waals surface area (Å²) < 4.78 is 28.2. The molecule has 1 heterocycles. The molecule has 1 rings (SSSR count). The van der Waals surface area contributed by atoms with Gasteiger partial charge in [0.2, 0.25) is 0 Å². The monoisotopic (exact) mass is 506 g/mol. The fourth-order valence-corrected chi connectivity index (χ4v) is 9.86. The molecule has 1 aliphatic rings. The molecule has 1 fully saturated rings. The minimum Gasteiger partial charge on any atom is -0.397 e. The van der Waals surface area contributed by atoms with Crippen molar-refractivity contribution in [1.82, 2.24) is 15.1 Å². The number of hydrogen-bond acceptors (Lipinski definition) is 8.